The Bertz CT molecular complexity index is 498. The molecule has 4 nitrogen and oxygen atoms in total. The lowest BCUT2D eigenvalue weighted by molar-refractivity contribution is -0.0499. The molecule has 2 atom stereocenters. The van der Waals surface area contributed by atoms with Gasteiger partial charge in [0.15, 0.2) is 0 Å². The molecule has 0 aliphatic carbocycles. The van der Waals surface area contributed by atoms with E-state index < -0.39 is 6.61 Å². The number of alkyl halides is 2. The number of fused-ring (bicyclic) bond motifs is 1. The van der Waals surface area contributed by atoms with Crippen LogP contribution in [0.1, 0.15) is 16.8 Å². The zero-order valence-corrected chi connectivity index (χ0v) is 10.9. The molecule has 2 heterocycles. The van der Waals surface area contributed by atoms with Gasteiger partial charge in [0.2, 0.25) is 0 Å². The minimum Gasteiger partial charge on any atom is -0.435 e. The third kappa shape index (κ3) is 2.60. The molecule has 2 aliphatic heterocycles. The van der Waals surface area contributed by atoms with E-state index in [9.17, 15) is 13.6 Å². The van der Waals surface area contributed by atoms with Crippen LogP contribution in [0.4, 0.5) is 8.78 Å². The van der Waals surface area contributed by atoms with E-state index in [2.05, 4.69) is 10.1 Å². The van der Waals surface area contributed by atoms with Gasteiger partial charge in [0.25, 0.3) is 5.91 Å². The topological polar surface area (TPSA) is 41.6 Å². The van der Waals surface area contributed by atoms with Crippen LogP contribution in [0.3, 0.4) is 0 Å². The quantitative estimate of drug-likeness (QED) is 0.918. The second-order valence-electron chi connectivity index (χ2n) is 5.23. The van der Waals surface area contributed by atoms with Crippen molar-refractivity contribution >= 4 is 5.91 Å². The molecule has 1 aromatic carbocycles. The summed E-state index contributed by atoms with van der Waals surface area (Å²) < 4.78 is 28.7. The smallest absolute Gasteiger partial charge is 0.387 e. The minimum atomic E-state index is -2.88. The number of carbonyl (C=O) groups excluding carboxylic acids is 1. The average Bonchev–Trinajstić information content (AvgIpc) is 2.98. The summed E-state index contributed by atoms with van der Waals surface area (Å²) >= 11 is 0. The summed E-state index contributed by atoms with van der Waals surface area (Å²) in [4.78, 5) is 14.2. The largest absolute Gasteiger partial charge is 0.435 e. The number of nitrogens with one attached hydrogen (secondary N) is 1. The van der Waals surface area contributed by atoms with Crippen molar-refractivity contribution in [2.75, 3.05) is 19.6 Å². The third-order valence-electron chi connectivity index (χ3n) is 3.96. The van der Waals surface area contributed by atoms with Crippen LogP contribution in [0.2, 0.25) is 0 Å². The summed E-state index contributed by atoms with van der Waals surface area (Å²) in [6.07, 6.45) is 1.09. The molecule has 2 aliphatic rings. The molecule has 3 rings (SSSR count). The van der Waals surface area contributed by atoms with Crippen molar-refractivity contribution in [2.45, 2.75) is 19.1 Å². The number of halogens is 2. The highest BCUT2D eigenvalue weighted by atomic mass is 19.3. The highest BCUT2D eigenvalue weighted by Crippen LogP contribution is 2.26. The molecule has 2 fully saturated rings. The highest BCUT2D eigenvalue weighted by molar-refractivity contribution is 5.94. The third-order valence-corrected chi connectivity index (χ3v) is 3.96. The van der Waals surface area contributed by atoms with E-state index in [4.69, 9.17) is 0 Å². The van der Waals surface area contributed by atoms with Crippen molar-refractivity contribution in [1.82, 2.24) is 10.2 Å². The van der Waals surface area contributed by atoms with Crippen LogP contribution in [-0.2, 0) is 0 Å². The van der Waals surface area contributed by atoms with Crippen molar-refractivity contribution in [3.05, 3.63) is 29.8 Å². The number of hydrogen-bond acceptors (Lipinski definition) is 3. The van der Waals surface area contributed by atoms with Gasteiger partial charge in [-0.2, -0.15) is 8.78 Å². The van der Waals surface area contributed by atoms with Crippen molar-refractivity contribution in [2.24, 2.45) is 5.92 Å². The van der Waals surface area contributed by atoms with Crippen molar-refractivity contribution < 1.29 is 18.3 Å². The van der Waals surface area contributed by atoms with Gasteiger partial charge in [0.05, 0.1) is 0 Å². The summed E-state index contributed by atoms with van der Waals surface area (Å²) in [5, 5.41) is 3.37. The summed E-state index contributed by atoms with van der Waals surface area (Å²) in [5.41, 5.74) is 0.392. The zero-order valence-electron chi connectivity index (χ0n) is 10.9. The molecule has 1 N–H and O–H groups in total. The van der Waals surface area contributed by atoms with Crippen LogP contribution in [-0.4, -0.2) is 43.1 Å². The van der Waals surface area contributed by atoms with E-state index in [0.29, 0.717) is 24.1 Å². The van der Waals surface area contributed by atoms with Gasteiger partial charge >= 0.3 is 6.61 Å². The van der Waals surface area contributed by atoms with E-state index in [1.165, 1.54) is 12.1 Å². The van der Waals surface area contributed by atoms with Crippen LogP contribution >= 0.6 is 0 Å². The second-order valence-corrected chi connectivity index (χ2v) is 5.23. The average molecular weight is 282 g/mol. The normalized spacial score (nSPS) is 25.1. The molecule has 6 heteroatoms. The molecule has 0 unspecified atom stereocenters. The molecule has 2 saturated heterocycles. The van der Waals surface area contributed by atoms with Crippen LogP contribution in [0.25, 0.3) is 0 Å². The van der Waals surface area contributed by atoms with E-state index in [0.717, 1.165) is 19.5 Å². The Morgan fingerprint density at radius 1 is 1.40 bits per heavy atom. The Labute approximate surface area is 115 Å². The summed E-state index contributed by atoms with van der Waals surface area (Å²) in [7, 11) is 0. The first kappa shape index (κ1) is 13.3. The first-order valence-corrected chi connectivity index (χ1v) is 6.71. The number of nitrogens with zero attached hydrogens (tertiary/aromatic N) is 1. The maximum absolute atomic E-state index is 12.4. The van der Waals surface area contributed by atoms with Gasteiger partial charge in [-0.25, -0.2) is 0 Å². The van der Waals surface area contributed by atoms with Crippen molar-refractivity contribution in [3.63, 3.8) is 0 Å². The fraction of sp³-hybridized carbons (Fsp3) is 0.500. The van der Waals surface area contributed by atoms with Crippen LogP contribution in [0.5, 0.6) is 5.75 Å². The number of hydrogen-bond donors (Lipinski definition) is 1. The van der Waals surface area contributed by atoms with Gasteiger partial charge in [-0.1, -0.05) is 6.07 Å². The Hall–Kier alpha value is -1.69. The van der Waals surface area contributed by atoms with Gasteiger partial charge < -0.3 is 15.0 Å². The SMILES string of the molecule is O=C(c1cccc(OC(F)F)c1)N1C[C@@H]2CCN[C@@H]2C1. The van der Waals surface area contributed by atoms with Crippen LogP contribution < -0.4 is 10.1 Å². The molecule has 108 valence electrons. The van der Waals surface area contributed by atoms with Gasteiger partial charge in [-0.15, -0.1) is 0 Å². The number of benzene rings is 1. The fourth-order valence-electron chi connectivity index (χ4n) is 3.00. The predicted octanol–water partition coefficient (Wildman–Crippen LogP) is 1.72. The van der Waals surface area contributed by atoms with E-state index in [1.807, 2.05) is 0 Å². The summed E-state index contributed by atoms with van der Waals surface area (Å²) in [5.74, 6) is 0.406. The van der Waals surface area contributed by atoms with Crippen molar-refractivity contribution in [3.8, 4) is 5.75 Å². The first-order chi connectivity index (χ1) is 9.63. The molecule has 1 amide bonds. The molecule has 0 saturated carbocycles. The summed E-state index contributed by atoms with van der Waals surface area (Å²) in [6.45, 7) is -0.453. The molecule has 0 radical (unpaired) electrons. The number of rotatable bonds is 3. The van der Waals surface area contributed by atoms with Gasteiger partial charge in [-0.3, -0.25) is 4.79 Å². The molecular formula is C14H16F2N2O2. The van der Waals surface area contributed by atoms with Gasteiger partial charge in [0, 0.05) is 24.7 Å². The Kier molecular flexibility index (Phi) is 3.56. The van der Waals surface area contributed by atoms with Crippen LogP contribution in [0.15, 0.2) is 24.3 Å². The molecule has 0 bridgehead atoms. The Morgan fingerprint density at radius 3 is 3.00 bits per heavy atom. The maximum atomic E-state index is 12.4. The van der Waals surface area contributed by atoms with Crippen molar-refractivity contribution in [1.29, 1.82) is 0 Å². The lowest BCUT2D eigenvalue weighted by Gasteiger charge is -2.17. The first-order valence-electron chi connectivity index (χ1n) is 6.71. The molecular weight excluding hydrogens is 266 g/mol. The lowest BCUT2D eigenvalue weighted by Crippen LogP contribution is -2.33. The number of amides is 1. The second kappa shape index (κ2) is 5.36. The molecule has 0 spiro atoms. The van der Waals surface area contributed by atoms with E-state index >= 15 is 0 Å². The predicted molar refractivity (Wildman–Crippen MR) is 68.9 cm³/mol. The number of carbonyl (C=O) groups is 1. The molecule has 0 aromatic heterocycles. The lowest BCUT2D eigenvalue weighted by atomic mass is 10.1. The minimum absolute atomic E-state index is 0.0170. The van der Waals surface area contributed by atoms with E-state index in [-0.39, 0.29) is 11.7 Å². The van der Waals surface area contributed by atoms with Gasteiger partial charge in [0.1, 0.15) is 5.75 Å². The number of ether oxygens (including phenoxy) is 1. The standard InChI is InChI=1S/C14H16F2N2O2/c15-14(16)20-11-3-1-2-9(6-11)13(19)18-7-10-4-5-17-12(10)8-18/h1-3,6,10,12,14,17H,4-5,7-8H2/t10-,12+/m0/s1. The van der Waals surface area contributed by atoms with E-state index in [1.54, 1.807) is 17.0 Å². The fourth-order valence-corrected chi connectivity index (χ4v) is 3.00. The zero-order chi connectivity index (χ0) is 14.1. The van der Waals surface area contributed by atoms with Gasteiger partial charge in [-0.05, 0) is 37.1 Å². The molecule has 1 aromatic rings. The molecule has 20 heavy (non-hydrogen) atoms. The monoisotopic (exact) mass is 282 g/mol. The number of likely N-dealkylation sites (tertiary alicyclic amines) is 1. The Morgan fingerprint density at radius 2 is 2.25 bits per heavy atom. The summed E-state index contributed by atoms with van der Waals surface area (Å²) in [6, 6.07) is 6.35. The highest BCUT2D eigenvalue weighted by Gasteiger charge is 2.38. The van der Waals surface area contributed by atoms with Crippen LogP contribution in [0, 0.1) is 5.92 Å². The maximum Gasteiger partial charge on any atom is 0.387 e. The Balaban J connectivity index is 1.71.